The van der Waals surface area contributed by atoms with Gasteiger partial charge in [0.15, 0.2) is 0 Å². The first-order valence-electron chi connectivity index (χ1n) is 5.16. The molecule has 0 aliphatic rings. The lowest BCUT2D eigenvalue weighted by Crippen LogP contribution is -1.84. The van der Waals surface area contributed by atoms with Crippen molar-refractivity contribution in [2.75, 3.05) is 0 Å². The largest absolute Gasteiger partial charge is 0.455 e. The summed E-state index contributed by atoms with van der Waals surface area (Å²) in [5.74, 6) is 1.29. The van der Waals surface area contributed by atoms with Gasteiger partial charge in [0.25, 0.3) is 0 Å². The summed E-state index contributed by atoms with van der Waals surface area (Å²) in [7, 11) is 0. The molecule has 17 heavy (non-hydrogen) atoms. The minimum Gasteiger partial charge on any atom is -0.455 e. The Kier molecular flexibility index (Phi) is 3.33. The fraction of sp³-hybridized carbons (Fsp3) is 0.154. The molecule has 4 heteroatoms. The van der Waals surface area contributed by atoms with E-state index in [2.05, 4.69) is 33.2 Å². The molecule has 2 rings (SSSR count). The van der Waals surface area contributed by atoms with Gasteiger partial charge in [0.1, 0.15) is 17.7 Å². The maximum Gasteiger partial charge on any atom is 0.149 e. The van der Waals surface area contributed by atoms with Crippen molar-refractivity contribution in [2.24, 2.45) is 5.16 Å². The first kappa shape index (κ1) is 11.9. The van der Waals surface area contributed by atoms with E-state index in [4.69, 9.17) is 9.62 Å². The number of hydrogen-bond acceptors (Lipinski definition) is 3. The van der Waals surface area contributed by atoms with Crippen LogP contribution in [0.15, 0.2) is 38.3 Å². The Bertz CT molecular complexity index is 550. The van der Waals surface area contributed by atoms with Gasteiger partial charge in [-0.15, -0.1) is 0 Å². The minimum atomic E-state index is 0.528. The number of nitrogens with zero attached hydrogens (tertiary/aromatic N) is 1. The van der Waals surface area contributed by atoms with Crippen LogP contribution in [0.2, 0.25) is 0 Å². The summed E-state index contributed by atoms with van der Waals surface area (Å²) >= 11 is 3.53. The summed E-state index contributed by atoms with van der Waals surface area (Å²) in [6, 6.07) is 7.73. The minimum absolute atomic E-state index is 0.528. The molecule has 0 unspecified atom stereocenters. The molecule has 0 amide bonds. The molecule has 3 nitrogen and oxygen atoms in total. The van der Waals surface area contributed by atoms with Gasteiger partial charge in [-0.2, -0.15) is 0 Å². The average molecular weight is 294 g/mol. The summed E-state index contributed by atoms with van der Waals surface area (Å²) in [5, 5.41) is 11.4. The predicted molar refractivity (Wildman–Crippen MR) is 70.7 cm³/mol. The number of rotatable bonds is 2. The zero-order valence-corrected chi connectivity index (χ0v) is 11.2. The molecule has 0 spiro atoms. The molecule has 88 valence electrons. The topological polar surface area (TPSA) is 45.7 Å². The third kappa shape index (κ3) is 2.42. The first-order chi connectivity index (χ1) is 8.11. The Labute approximate surface area is 108 Å². The molecule has 0 saturated heterocycles. The van der Waals surface area contributed by atoms with Gasteiger partial charge >= 0.3 is 0 Å². The van der Waals surface area contributed by atoms with Gasteiger partial charge in [0, 0.05) is 10.0 Å². The van der Waals surface area contributed by atoms with Gasteiger partial charge in [0.2, 0.25) is 0 Å². The van der Waals surface area contributed by atoms with Crippen molar-refractivity contribution < 1.29 is 9.62 Å². The molecule has 0 aliphatic heterocycles. The monoisotopic (exact) mass is 293 g/mol. The highest BCUT2D eigenvalue weighted by molar-refractivity contribution is 9.10. The van der Waals surface area contributed by atoms with Crippen LogP contribution in [-0.2, 0) is 0 Å². The second-order valence-electron chi connectivity index (χ2n) is 3.87. The second-order valence-corrected chi connectivity index (χ2v) is 4.66. The first-order valence-corrected chi connectivity index (χ1v) is 5.95. The maximum atomic E-state index is 8.43. The maximum absolute atomic E-state index is 8.43. The van der Waals surface area contributed by atoms with Gasteiger partial charge in [-0.05, 0) is 49.2 Å². The molecule has 0 aliphatic carbocycles. The van der Waals surface area contributed by atoms with Crippen LogP contribution in [0, 0.1) is 13.8 Å². The molecular weight excluding hydrogens is 282 g/mol. The molecule has 1 N–H and O–H groups in total. The van der Waals surface area contributed by atoms with E-state index in [1.165, 1.54) is 6.21 Å². The fourth-order valence-corrected chi connectivity index (χ4v) is 1.95. The summed E-state index contributed by atoms with van der Waals surface area (Å²) in [6.07, 6.45) is 1.27. The van der Waals surface area contributed by atoms with Gasteiger partial charge in [-0.3, -0.25) is 0 Å². The number of aryl methyl sites for hydroxylation is 2. The lowest BCUT2D eigenvalue weighted by molar-refractivity contribution is 0.321. The summed E-state index contributed by atoms with van der Waals surface area (Å²) in [4.78, 5) is 0. The van der Waals surface area contributed by atoms with Gasteiger partial charge in [-0.1, -0.05) is 21.1 Å². The summed E-state index contributed by atoms with van der Waals surface area (Å²) in [5.41, 5.74) is 3.34. The van der Waals surface area contributed by atoms with E-state index in [0.29, 0.717) is 5.76 Å². The average Bonchev–Trinajstić information content (AvgIpc) is 2.74. The second kappa shape index (κ2) is 4.75. The molecule has 0 atom stereocenters. The van der Waals surface area contributed by atoms with Gasteiger partial charge in [0.05, 0.1) is 0 Å². The number of hydrogen-bond donors (Lipinski definition) is 1. The third-order valence-electron chi connectivity index (χ3n) is 2.53. The fourth-order valence-electron chi connectivity index (χ4n) is 1.72. The van der Waals surface area contributed by atoms with E-state index in [1.54, 1.807) is 6.07 Å². The molecule has 1 aromatic carbocycles. The van der Waals surface area contributed by atoms with Crippen LogP contribution in [0.3, 0.4) is 0 Å². The van der Waals surface area contributed by atoms with E-state index in [1.807, 2.05) is 19.9 Å². The highest BCUT2D eigenvalue weighted by Gasteiger charge is 2.07. The van der Waals surface area contributed by atoms with Crippen LogP contribution in [0.25, 0.3) is 11.3 Å². The van der Waals surface area contributed by atoms with E-state index < -0.39 is 0 Å². The summed E-state index contributed by atoms with van der Waals surface area (Å²) in [6.45, 7) is 4.08. The van der Waals surface area contributed by atoms with Crippen molar-refractivity contribution in [3.05, 3.63) is 45.6 Å². The SMILES string of the molecule is Cc1cc(-c2ccc(/C=N/O)o2)cc(C)c1Br. The van der Waals surface area contributed by atoms with Crippen molar-refractivity contribution in [3.8, 4) is 11.3 Å². The predicted octanol–water partition coefficient (Wildman–Crippen LogP) is 4.13. The smallest absolute Gasteiger partial charge is 0.149 e. The highest BCUT2D eigenvalue weighted by Crippen LogP contribution is 2.29. The highest BCUT2D eigenvalue weighted by atomic mass is 79.9. The standard InChI is InChI=1S/C13H12BrNO2/c1-8-5-10(6-9(2)13(8)14)12-4-3-11(17-12)7-15-16/h3-7,16H,1-2H3/b15-7+. The van der Waals surface area contributed by atoms with Crippen molar-refractivity contribution in [1.29, 1.82) is 0 Å². The Morgan fingerprint density at radius 1 is 1.24 bits per heavy atom. The van der Waals surface area contributed by atoms with Crippen LogP contribution in [-0.4, -0.2) is 11.4 Å². The molecule has 2 aromatic rings. The number of benzene rings is 1. The molecule has 1 aromatic heterocycles. The molecule has 0 radical (unpaired) electrons. The van der Waals surface area contributed by atoms with E-state index in [0.717, 1.165) is 26.9 Å². The summed E-state index contributed by atoms with van der Waals surface area (Å²) < 4.78 is 6.65. The molecule has 0 bridgehead atoms. The Balaban J connectivity index is 2.45. The van der Waals surface area contributed by atoms with Crippen molar-refractivity contribution >= 4 is 22.1 Å². The zero-order chi connectivity index (χ0) is 12.4. The number of furan rings is 1. The zero-order valence-electron chi connectivity index (χ0n) is 9.57. The number of halogens is 1. The van der Waals surface area contributed by atoms with Crippen LogP contribution < -0.4 is 0 Å². The van der Waals surface area contributed by atoms with Crippen molar-refractivity contribution in [1.82, 2.24) is 0 Å². The molecular formula is C13H12BrNO2. The van der Waals surface area contributed by atoms with Crippen molar-refractivity contribution in [3.63, 3.8) is 0 Å². The van der Waals surface area contributed by atoms with Crippen molar-refractivity contribution in [2.45, 2.75) is 13.8 Å². The Morgan fingerprint density at radius 2 is 1.88 bits per heavy atom. The third-order valence-corrected chi connectivity index (χ3v) is 3.78. The Morgan fingerprint density at radius 3 is 2.47 bits per heavy atom. The molecule has 0 fully saturated rings. The van der Waals surface area contributed by atoms with Gasteiger partial charge < -0.3 is 9.62 Å². The molecule has 0 saturated carbocycles. The van der Waals surface area contributed by atoms with Crippen LogP contribution in [0.1, 0.15) is 16.9 Å². The van der Waals surface area contributed by atoms with E-state index >= 15 is 0 Å². The van der Waals surface area contributed by atoms with Crippen LogP contribution in [0.5, 0.6) is 0 Å². The lowest BCUT2D eigenvalue weighted by Gasteiger charge is -2.05. The van der Waals surface area contributed by atoms with Crippen LogP contribution in [0.4, 0.5) is 0 Å². The van der Waals surface area contributed by atoms with E-state index in [-0.39, 0.29) is 0 Å². The Hall–Kier alpha value is -1.55. The number of oxime groups is 1. The lowest BCUT2D eigenvalue weighted by atomic mass is 10.1. The van der Waals surface area contributed by atoms with E-state index in [9.17, 15) is 0 Å². The van der Waals surface area contributed by atoms with Gasteiger partial charge in [-0.25, -0.2) is 0 Å². The quantitative estimate of drug-likeness (QED) is 0.514. The van der Waals surface area contributed by atoms with Crippen LogP contribution >= 0.6 is 15.9 Å². The normalized spacial score (nSPS) is 11.2. The molecule has 1 heterocycles.